The molecule has 8 heteroatoms. The maximum Gasteiger partial charge on any atom is 0.253 e. The van der Waals surface area contributed by atoms with Gasteiger partial charge >= 0.3 is 0 Å². The van der Waals surface area contributed by atoms with E-state index in [1.54, 1.807) is 24.3 Å². The van der Waals surface area contributed by atoms with Crippen LogP contribution in [0.4, 0.5) is 5.13 Å². The van der Waals surface area contributed by atoms with Crippen LogP contribution in [-0.2, 0) is 11.2 Å². The lowest BCUT2D eigenvalue weighted by Gasteiger charge is -2.19. The first-order valence-corrected chi connectivity index (χ1v) is 9.98. The molecule has 2 amide bonds. The third-order valence-electron chi connectivity index (χ3n) is 4.03. The summed E-state index contributed by atoms with van der Waals surface area (Å²) in [5, 5.41) is 15.3. The van der Waals surface area contributed by atoms with E-state index in [0.717, 1.165) is 17.0 Å². The second kappa shape index (κ2) is 9.43. The van der Waals surface area contributed by atoms with Gasteiger partial charge in [-0.25, -0.2) is 0 Å². The van der Waals surface area contributed by atoms with Gasteiger partial charge in [-0.3, -0.25) is 9.59 Å². The predicted octanol–water partition coefficient (Wildman–Crippen LogP) is 4.25. The van der Waals surface area contributed by atoms with E-state index in [9.17, 15) is 9.59 Å². The number of nitrogens with one attached hydrogen (secondary N) is 2. The Bertz CT molecular complexity index is 962. The summed E-state index contributed by atoms with van der Waals surface area (Å²) in [5.41, 5.74) is 1.19. The van der Waals surface area contributed by atoms with Crippen LogP contribution in [0.5, 0.6) is 0 Å². The number of rotatable bonds is 7. The minimum Gasteiger partial charge on any atom is -0.345 e. The maximum absolute atomic E-state index is 12.7. The fraction of sp³-hybridized carbons (Fsp3) is 0.200. The monoisotopic (exact) mass is 414 g/mol. The summed E-state index contributed by atoms with van der Waals surface area (Å²) in [4.78, 5) is 25.2. The van der Waals surface area contributed by atoms with Gasteiger partial charge in [-0.1, -0.05) is 72.3 Å². The van der Waals surface area contributed by atoms with Gasteiger partial charge in [-0.2, -0.15) is 0 Å². The number of aryl methyl sites for hydroxylation is 1. The second-order valence-electron chi connectivity index (χ2n) is 6.02. The Morgan fingerprint density at radius 3 is 2.46 bits per heavy atom. The molecule has 1 heterocycles. The quantitative estimate of drug-likeness (QED) is 0.605. The number of halogens is 1. The molecule has 28 heavy (non-hydrogen) atoms. The average Bonchev–Trinajstić information content (AvgIpc) is 3.16. The highest BCUT2D eigenvalue weighted by atomic mass is 35.5. The molecule has 0 saturated heterocycles. The molecule has 144 valence electrons. The summed E-state index contributed by atoms with van der Waals surface area (Å²) in [6.45, 7) is 1.97. The lowest BCUT2D eigenvalue weighted by atomic mass is 10.0. The zero-order chi connectivity index (χ0) is 19.9. The van der Waals surface area contributed by atoms with E-state index >= 15 is 0 Å². The number of hydrogen-bond acceptors (Lipinski definition) is 5. The average molecular weight is 415 g/mol. The molecule has 0 bridgehead atoms. The molecule has 2 aromatic carbocycles. The minimum atomic E-state index is -0.511. The van der Waals surface area contributed by atoms with Gasteiger partial charge in [0.05, 0.1) is 23.0 Å². The molecule has 6 nitrogen and oxygen atoms in total. The molecule has 0 spiro atoms. The summed E-state index contributed by atoms with van der Waals surface area (Å²) in [5.74, 6) is -0.594. The van der Waals surface area contributed by atoms with Crippen molar-refractivity contribution in [3.8, 4) is 0 Å². The first-order chi connectivity index (χ1) is 13.6. The molecular weight excluding hydrogens is 396 g/mol. The van der Waals surface area contributed by atoms with Gasteiger partial charge in [0, 0.05) is 0 Å². The third-order valence-corrected chi connectivity index (χ3v) is 5.34. The molecule has 3 aromatic rings. The highest BCUT2D eigenvalue weighted by molar-refractivity contribution is 7.15. The Kier molecular flexibility index (Phi) is 6.73. The molecule has 1 atom stereocenters. The molecule has 0 saturated carbocycles. The van der Waals surface area contributed by atoms with Gasteiger partial charge < -0.3 is 10.6 Å². The van der Waals surface area contributed by atoms with E-state index in [-0.39, 0.29) is 18.2 Å². The van der Waals surface area contributed by atoms with Gasteiger partial charge in [-0.15, -0.1) is 10.2 Å². The number of nitrogens with zero attached hydrogens (tertiary/aromatic N) is 2. The number of amides is 2. The van der Waals surface area contributed by atoms with Crippen LogP contribution in [0.25, 0.3) is 0 Å². The Morgan fingerprint density at radius 2 is 1.79 bits per heavy atom. The van der Waals surface area contributed by atoms with E-state index in [2.05, 4.69) is 20.8 Å². The lowest BCUT2D eigenvalue weighted by Crippen LogP contribution is -2.31. The zero-order valence-corrected chi connectivity index (χ0v) is 16.8. The van der Waals surface area contributed by atoms with E-state index in [4.69, 9.17) is 11.6 Å². The van der Waals surface area contributed by atoms with Crippen LogP contribution < -0.4 is 10.6 Å². The Morgan fingerprint density at radius 1 is 1.07 bits per heavy atom. The van der Waals surface area contributed by atoms with Crippen LogP contribution in [0.2, 0.25) is 5.02 Å². The standard InChI is InChI=1S/C20H19ClN4O2S/c1-2-18-24-25-20(28-18)23-17(26)12-16(13-8-4-3-5-9-13)22-19(27)14-10-6-7-11-15(14)21/h3-11,16H,2,12H2,1H3,(H,22,27)(H,23,25,26)/t16-/m0/s1. The number of benzene rings is 2. The first-order valence-electron chi connectivity index (χ1n) is 8.79. The van der Waals surface area contributed by atoms with Gasteiger partial charge in [0.25, 0.3) is 5.91 Å². The van der Waals surface area contributed by atoms with E-state index < -0.39 is 6.04 Å². The molecule has 1 aromatic heterocycles. The second-order valence-corrected chi connectivity index (χ2v) is 7.49. The van der Waals surface area contributed by atoms with Crippen molar-refractivity contribution in [3.05, 3.63) is 75.8 Å². The first kappa shape index (κ1) is 20.0. The van der Waals surface area contributed by atoms with Crippen molar-refractivity contribution >= 4 is 39.9 Å². The normalized spacial score (nSPS) is 11.6. The number of carbonyl (C=O) groups is 2. The zero-order valence-electron chi connectivity index (χ0n) is 15.2. The van der Waals surface area contributed by atoms with Crippen LogP contribution in [0.3, 0.4) is 0 Å². The van der Waals surface area contributed by atoms with Crippen molar-refractivity contribution in [2.24, 2.45) is 0 Å². The summed E-state index contributed by atoms with van der Waals surface area (Å²) in [6.07, 6.45) is 0.815. The van der Waals surface area contributed by atoms with Crippen molar-refractivity contribution in [2.45, 2.75) is 25.8 Å². The third kappa shape index (κ3) is 5.15. The van der Waals surface area contributed by atoms with Gasteiger partial charge in [-0.05, 0) is 24.1 Å². The summed E-state index contributed by atoms with van der Waals surface area (Å²) >= 11 is 7.46. The number of aromatic nitrogens is 2. The highest BCUT2D eigenvalue weighted by Crippen LogP contribution is 2.22. The van der Waals surface area contributed by atoms with E-state index in [0.29, 0.717) is 15.7 Å². The number of hydrogen-bond donors (Lipinski definition) is 2. The van der Waals surface area contributed by atoms with Crippen LogP contribution in [-0.4, -0.2) is 22.0 Å². The van der Waals surface area contributed by atoms with Crippen molar-refractivity contribution in [3.63, 3.8) is 0 Å². The van der Waals surface area contributed by atoms with Crippen LogP contribution in [0.1, 0.15) is 40.3 Å². The molecule has 2 N–H and O–H groups in total. The molecule has 0 radical (unpaired) electrons. The topological polar surface area (TPSA) is 84.0 Å². The lowest BCUT2D eigenvalue weighted by molar-refractivity contribution is -0.116. The summed E-state index contributed by atoms with van der Waals surface area (Å²) in [6, 6.07) is 15.6. The van der Waals surface area contributed by atoms with E-state index in [1.807, 2.05) is 37.3 Å². The Hall–Kier alpha value is -2.77. The molecule has 0 fully saturated rings. The van der Waals surface area contributed by atoms with Crippen LogP contribution in [0.15, 0.2) is 54.6 Å². The largest absolute Gasteiger partial charge is 0.345 e. The maximum atomic E-state index is 12.7. The fourth-order valence-electron chi connectivity index (χ4n) is 2.62. The SMILES string of the molecule is CCc1nnc(NC(=O)C[C@H](NC(=O)c2ccccc2Cl)c2ccccc2)s1. The van der Waals surface area contributed by atoms with Crippen LogP contribution >= 0.6 is 22.9 Å². The van der Waals surface area contributed by atoms with Crippen molar-refractivity contribution < 1.29 is 9.59 Å². The summed E-state index contributed by atoms with van der Waals surface area (Å²) in [7, 11) is 0. The van der Waals surface area contributed by atoms with Crippen molar-refractivity contribution in [2.75, 3.05) is 5.32 Å². The van der Waals surface area contributed by atoms with E-state index in [1.165, 1.54) is 11.3 Å². The Balaban J connectivity index is 1.75. The molecule has 0 aliphatic rings. The molecule has 3 rings (SSSR count). The molecule has 0 unspecified atom stereocenters. The molecular formula is C20H19ClN4O2S. The van der Waals surface area contributed by atoms with Gasteiger partial charge in [0.1, 0.15) is 5.01 Å². The highest BCUT2D eigenvalue weighted by Gasteiger charge is 2.21. The van der Waals surface area contributed by atoms with Gasteiger partial charge in [0.2, 0.25) is 11.0 Å². The van der Waals surface area contributed by atoms with Gasteiger partial charge in [0.15, 0.2) is 0 Å². The summed E-state index contributed by atoms with van der Waals surface area (Å²) < 4.78 is 0. The van der Waals surface area contributed by atoms with Crippen LogP contribution in [0, 0.1) is 0 Å². The molecule has 0 aliphatic heterocycles. The number of carbonyl (C=O) groups excluding carboxylic acids is 2. The smallest absolute Gasteiger partial charge is 0.253 e. The van der Waals surface area contributed by atoms with Crippen molar-refractivity contribution in [1.29, 1.82) is 0 Å². The molecule has 0 aliphatic carbocycles. The fourth-order valence-corrected chi connectivity index (χ4v) is 3.54. The predicted molar refractivity (Wildman–Crippen MR) is 111 cm³/mol. The number of anilines is 1. The Labute approximate surface area is 172 Å². The minimum absolute atomic E-state index is 0.0568. The van der Waals surface area contributed by atoms with Crippen molar-refractivity contribution in [1.82, 2.24) is 15.5 Å².